The Labute approximate surface area is 125 Å². The van der Waals surface area contributed by atoms with Crippen LogP contribution in [0.4, 0.5) is 17.6 Å². The van der Waals surface area contributed by atoms with Gasteiger partial charge in [-0.2, -0.15) is 13.9 Å². The van der Waals surface area contributed by atoms with Gasteiger partial charge in [0.05, 0.1) is 12.3 Å². The molecule has 3 rings (SSSR count). The summed E-state index contributed by atoms with van der Waals surface area (Å²) in [5.41, 5.74) is 1.32. The highest BCUT2D eigenvalue weighted by atomic mass is 19.3. The summed E-state index contributed by atoms with van der Waals surface area (Å²) in [5.74, 6) is -3.16. The lowest BCUT2D eigenvalue weighted by atomic mass is 9.99. The number of rotatable bonds is 4. The molecular weight excluding hydrogens is 302 g/mol. The van der Waals surface area contributed by atoms with Crippen molar-refractivity contribution in [1.82, 2.24) is 15.1 Å². The lowest BCUT2D eigenvalue weighted by Crippen LogP contribution is -2.26. The van der Waals surface area contributed by atoms with Crippen molar-refractivity contribution < 1.29 is 22.3 Å². The van der Waals surface area contributed by atoms with Gasteiger partial charge in [0.2, 0.25) is 0 Å². The van der Waals surface area contributed by atoms with Gasteiger partial charge in [0, 0.05) is 44.0 Å². The van der Waals surface area contributed by atoms with Crippen LogP contribution in [0.3, 0.4) is 0 Å². The molecule has 0 aliphatic carbocycles. The van der Waals surface area contributed by atoms with Crippen LogP contribution in [0.25, 0.3) is 0 Å². The van der Waals surface area contributed by atoms with E-state index in [4.69, 9.17) is 4.74 Å². The van der Waals surface area contributed by atoms with Gasteiger partial charge >= 0.3 is 0 Å². The van der Waals surface area contributed by atoms with Crippen molar-refractivity contribution in [3.05, 3.63) is 17.0 Å². The Hall–Kier alpha value is -1.15. The smallest absolute Gasteiger partial charge is 0.289 e. The van der Waals surface area contributed by atoms with Gasteiger partial charge in [0.15, 0.2) is 0 Å². The fraction of sp³-hybridized carbons (Fsp3) is 0.786. The van der Waals surface area contributed by atoms with Crippen LogP contribution in [-0.2, 0) is 30.2 Å². The molecule has 1 aromatic rings. The van der Waals surface area contributed by atoms with E-state index in [1.165, 1.54) is 4.68 Å². The fourth-order valence-corrected chi connectivity index (χ4v) is 3.20. The molecule has 3 heterocycles. The molecule has 0 aromatic carbocycles. The molecule has 2 aliphatic heterocycles. The summed E-state index contributed by atoms with van der Waals surface area (Å²) in [6.07, 6.45) is -1.96. The third-order valence-electron chi connectivity index (χ3n) is 4.22. The highest BCUT2D eigenvalue weighted by molar-refractivity contribution is 5.32. The topological polar surface area (TPSA) is 39.1 Å². The van der Waals surface area contributed by atoms with E-state index in [9.17, 15) is 17.6 Å². The van der Waals surface area contributed by atoms with Crippen LogP contribution in [0.15, 0.2) is 0 Å². The minimum Gasteiger partial charge on any atom is -0.375 e. The van der Waals surface area contributed by atoms with E-state index in [2.05, 4.69) is 10.4 Å². The molecule has 4 nitrogen and oxygen atoms in total. The third kappa shape index (κ3) is 3.12. The van der Waals surface area contributed by atoms with Gasteiger partial charge in [0.1, 0.15) is 12.3 Å². The van der Waals surface area contributed by atoms with Crippen LogP contribution >= 0.6 is 0 Å². The zero-order valence-electron chi connectivity index (χ0n) is 12.1. The molecule has 1 aromatic heterocycles. The van der Waals surface area contributed by atoms with Gasteiger partial charge in [-0.25, -0.2) is 8.78 Å². The van der Waals surface area contributed by atoms with Gasteiger partial charge < -0.3 is 10.1 Å². The number of fused-ring (bicyclic) bond motifs is 3. The predicted molar refractivity (Wildman–Crippen MR) is 71.1 cm³/mol. The predicted octanol–water partition coefficient (Wildman–Crippen LogP) is 2.31. The van der Waals surface area contributed by atoms with E-state index in [0.29, 0.717) is 25.1 Å². The number of hydrogen-bond donors (Lipinski definition) is 1. The van der Waals surface area contributed by atoms with Gasteiger partial charge in [-0.15, -0.1) is 0 Å². The van der Waals surface area contributed by atoms with E-state index in [1.54, 1.807) is 0 Å². The first kappa shape index (κ1) is 15.7. The molecule has 0 saturated carbocycles. The lowest BCUT2D eigenvalue weighted by molar-refractivity contribution is -0.0270. The summed E-state index contributed by atoms with van der Waals surface area (Å²) >= 11 is 0. The number of alkyl halides is 4. The maximum absolute atomic E-state index is 14.5. The Bertz CT molecular complexity index is 532. The van der Waals surface area contributed by atoms with Gasteiger partial charge in [-0.1, -0.05) is 0 Å². The first-order chi connectivity index (χ1) is 10.5. The minimum absolute atomic E-state index is 0.00828. The van der Waals surface area contributed by atoms with Crippen molar-refractivity contribution in [1.29, 1.82) is 0 Å². The molecule has 1 atom stereocenters. The van der Waals surface area contributed by atoms with Crippen molar-refractivity contribution in [2.75, 3.05) is 19.8 Å². The number of halogens is 4. The second-order valence-electron chi connectivity index (χ2n) is 5.92. The highest BCUT2D eigenvalue weighted by Crippen LogP contribution is 2.40. The van der Waals surface area contributed by atoms with Crippen LogP contribution in [0.2, 0.25) is 0 Å². The summed E-state index contributed by atoms with van der Waals surface area (Å²) in [7, 11) is 0. The zero-order valence-corrected chi connectivity index (χ0v) is 12.1. The van der Waals surface area contributed by atoms with Gasteiger partial charge in [-0.05, 0) is 6.42 Å². The van der Waals surface area contributed by atoms with Crippen molar-refractivity contribution in [3.8, 4) is 0 Å². The van der Waals surface area contributed by atoms with Crippen molar-refractivity contribution in [2.24, 2.45) is 5.92 Å². The quantitative estimate of drug-likeness (QED) is 0.865. The average molecular weight is 321 g/mol. The molecule has 22 heavy (non-hydrogen) atoms. The average Bonchev–Trinajstić information content (AvgIpc) is 2.77. The first-order valence-corrected chi connectivity index (χ1v) is 7.51. The van der Waals surface area contributed by atoms with Gasteiger partial charge in [-0.3, -0.25) is 4.68 Å². The maximum Gasteiger partial charge on any atom is 0.289 e. The molecule has 1 N–H and O–H groups in total. The molecule has 0 bridgehead atoms. The van der Waals surface area contributed by atoms with Crippen LogP contribution < -0.4 is 5.32 Å². The number of nitrogens with one attached hydrogen (secondary N) is 1. The largest absolute Gasteiger partial charge is 0.375 e. The van der Waals surface area contributed by atoms with E-state index < -0.39 is 19.0 Å². The minimum atomic E-state index is -2.93. The molecule has 8 heteroatoms. The Morgan fingerprint density at radius 1 is 1.41 bits per heavy atom. The summed E-state index contributed by atoms with van der Waals surface area (Å²) < 4.78 is 59.4. The Kier molecular flexibility index (Phi) is 4.40. The van der Waals surface area contributed by atoms with Crippen LogP contribution in [0.1, 0.15) is 29.8 Å². The molecular formula is C14H19F4N3O. The van der Waals surface area contributed by atoms with E-state index in [1.807, 2.05) is 0 Å². The highest BCUT2D eigenvalue weighted by Gasteiger charge is 2.42. The standard InChI is InChI=1S/C14H19F4N3O/c15-12(16)8-22-7-9-1-3-14(17,18)13-10-5-19-4-2-11(10)20-21(13)6-9/h9,12,19H,1-8H2. The SMILES string of the molecule is FC(F)COCC1CCC(F)(F)c2c3c(nn2C1)CCNC3. The van der Waals surface area contributed by atoms with Crippen molar-refractivity contribution in [2.45, 2.75) is 44.7 Å². The van der Waals surface area contributed by atoms with E-state index in [-0.39, 0.29) is 31.1 Å². The summed E-state index contributed by atoms with van der Waals surface area (Å²) in [6, 6.07) is 0. The second-order valence-corrected chi connectivity index (χ2v) is 5.92. The maximum atomic E-state index is 14.5. The van der Waals surface area contributed by atoms with Crippen LogP contribution in [0.5, 0.6) is 0 Å². The molecule has 0 fully saturated rings. The number of nitrogens with zero attached hydrogens (tertiary/aromatic N) is 2. The molecule has 0 amide bonds. The fourth-order valence-electron chi connectivity index (χ4n) is 3.20. The summed E-state index contributed by atoms with van der Waals surface area (Å²) in [5, 5.41) is 7.43. The number of aromatic nitrogens is 2. The Morgan fingerprint density at radius 3 is 3.00 bits per heavy atom. The molecule has 124 valence electrons. The number of ether oxygens (including phenoxy) is 1. The summed E-state index contributed by atoms with van der Waals surface area (Å²) in [4.78, 5) is 0. The molecule has 0 spiro atoms. The molecule has 0 saturated heterocycles. The molecule has 0 radical (unpaired) electrons. The van der Waals surface area contributed by atoms with Gasteiger partial charge in [0.25, 0.3) is 12.3 Å². The monoisotopic (exact) mass is 321 g/mol. The molecule has 2 aliphatic rings. The lowest BCUT2D eigenvalue weighted by Gasteiger charge is -2.19. The van der Waals surface area contributed by atoms with E-state index in [0.717, 1.165) is 12.2 Å². The zero-order chi connectivity index (χ0) is 15.7. The third-order valence-corrected chi connectivity index (χ3v) is 4.22. The summed E-state index contributed by atoms with van der Waals surface area (Å²) in [6.45, 7) is 0.839. The second kappa shape index (κ2) is 6.16. The number of hydrogen-bond acceptors (Lipinski definition) is 3. The van der Waals surface area contributed by atoms with Crippen molar-refractivity contribution in [3.63, 3.8) is 0 Å². The van der Waals surface area contributed by atoms with Crippen LogP contribution in [-0.4, -0.2) is 36.0 Å². The Balaban J connectivity index is 1.80. The van der Waals surface area contributed by atoms with E-state index >= 15 is 0 Å². The van der Waals surface area contributed by atoms with Crippen molar-refractivity contribution >= 4 is 0 Å². The van der Waals surface area contributed by atoms with Crippen LogP contribution in [0, 0.1) is 5.92 Å². The first-order valence-electron chi connectivity index (χ1n) is 7.51. The molecule has 1 unspecified atom stereocenters. The normalized spacial score (nSPS) is 24.0. The Morgan fingerprint density at radius 2 is 2.23 bits per heavy atom.